The first-order chi connectivity index (χ1) is 11.6. The molecule has 130 valence electrons. The van der Waals surface area contributed by atoms with Crippen LogP contribution in [-0.2, 0) is 12.8 Å². The molecule has 0 aliphatic heterocycles. The molecule has 24 heavy (non-hydrogen) atoms. The first kappa shape index (κ1) is 18.0. The zero-order chi connectivity index (χ0) is 17.5. The molecule has 0 bridgehead atoms. The summed E-state index contributed by atoms with van der Waals surface area (Å²) in [5.74, 6) is 3.09. The lowest BCUT2D eigenvalue weighted by molar-refractivity contribution is 0.310. The molecule has 0 unspecified atom stereocenters. The van der Waals surface area contributed by atoms with Gasteiger partial charge in [-0.25, -0.2) is 0 Å². The second-order valence-electron chi connectivity index (χ2n) is 5.55. The lowest BCUT2D eigenvalue weighted by Crippen LogP contribution is -2.00. The van der Waals surface area contributed by atoms with Gasteiger partial charge in [0.15, 0.2) is 23.0 Å². The van der Waals surface area contributed by atoms with E-state index >= 15 is 0 Å². The summed E-state index contributed by atoms with van der Waals surface area (Å²) in [6.45, 7) is 4.70. The molecule has 0 fully saturated rings. The highest BCUT2D eigenvalue weighted by Gasteiger charge is 2.10. The van der Waals surface area contributed by atoms with Gasteiger partial charge in [0.2, 0.25) is 0 Å². The number of benzene rings is 2. The third-order valence-electron chi connectivity index (χ3n) is 4.05. The lowest BCUT2D eigenvalue weighted by Gasteiger charge is -2.14. The SMILES string of the molecule is CCOc1cc(C)c(CCc2ccc(OC)c(OC)c2)cc1OC. The molecule has 0 saturated carbocycles. The fourth-order valence-corrected chi connectivity index (χ4v) is 2.72. The van der Waals surface area contributed by atoms with Gasteiger partial charge in [0.1, 0.15) is 0 Å². The number of methoxy groups -OCH3 is 3. The number of aryl methyl sites for hydroxylation is 3. The summed E-state index contributed by atoms with van der Waals surface area (Å²) >= 11 is 0. The molecule has 4 heteroatoms. The van der Waals surface area contributed by atoms with E-state index in [1.807, 2.05) is 25.1 Å². The van der Waals surface area contributed by atoms with Crippen LogP contribution in [-0.4, -0.2) is 27.9 Å². The Balaban J connectivity index is 2.17. The molecule has 2 aromatic rings. The molecular weight excluding hydrogens is 304 g/mol. The van der Waals surface area contributed by atoms with Gasteiger partial charge in [-0.15, -0.1) is 0 Å². The number of hydrogen-bond donors (Lipinski definition) is 0. The van der Waals surface area contributed by atoms with Crippen LogP contribution in [0.15, 0.2) is 30.3 Å². The van der Waals surface area contributed by atoms with Crippen molar-refractivity contribution in [1.29, 1.82) is 0 Å². The first-order valence-electron chi connectivity index (χ1n) is 8.14. The molecular formula is C20H26O4. The first-order valence-corrected chi connectivity index (χ1v) is 8.14. The average molecular weight is 330 g/mol. The Hall–Kier alpha value is -2.36. The van der Waals surface area contributed by atoms with Gasteiger partial charge in [-0.1, -0.05) is 6.07 Å². The van der Waals surface area contributed by atoms with E-state index in [1.165, 1.54) is 16.7 Å². The monoisotopic (exact) mass is 330 g/mol. The van der Waals surface area contributed by atoms with Crippen LogP contribution in [0.4, 0.5) is 0 Å². The molecule has 4 nitrogen and oxygen atoms in total. The Morgan fingerprint density at radius 3 is 2.04 bits per heavy atom. The van der Waals surface area contributed by atoms with Crippen LogP contribution in [0, 0.1) is 6.92 Å². The van der Waals surface area contributed by atoms with Crippen LogP contribution in [0.25, 0.3) is 0 Å². The maximum Gasteiger partial charge on any atom is 0.161 e. The smallest absolute Gasteiger partial charge is 0.161 e. The summed E-state index contributed by atoms with van der Waals surface area (Å²) in [5.41, 5.74) is 3.67. The summed E-state index contributed by atoms with van der Waals surface area (Å²) in [7, 11) is 4.97. The van der Waals surface area contributed by atoms with Gasteiger partial charge in [-0.2, -0.15) is 0 Å². The molecule has 0 aliphatic rings. The predicted molar refractivity (Wildman–Crippen MR) is 95.9 cm³/mol. The summed E-state index contributed by atoms with van der Waals surface area (Å²) in [5, 5.41) is 0. The molecule has 2 rings (SSSR count). The fraction of sp³-hybridized carbons (Fsp3) is 0.400. The number of rotatable bonds is 8. The molecule has 0 aliphatic carbocycles. The second kappa shape index (κ2) is 8.48. The largest absolute Gasteiger partial charge is 0.493 e. The van der Waals surface area contributed by atoms with E-state index in [1.54, 1.807) is 21.3 Å². The van der Waals surface area contributed by atoms with Crippen molar-refractivity contribution >= 4 is 0 Å². The highest BCUT2D eigenvalue weighted by atomic mass is 16.5. The minimum atomic E-state index is 0.626. The third kappa shape index (κ3) is 4.13. The van der Waals surface area contributed by atoms with E-state index in [4.69, 9.17) is 18.9 Å². The molecule has 0 heterocycles. The fourth-order valence-electron chi connectivity index (χ4n) is 2.72. The summed E-state index contributed by atoms with van der Waals surface area (Å²) in [6, 6.07) is 10.2. The van der Waals surface area contributed by atoms with E-state index in [0.29, 0.717) is 6.61 Å². The van der Waals surface area contributed by atoms with Crippen molar-refractivity contribution in [2.24, 2.45) is 0 Å². The molecule has 0 saturated heterocycles. The molecule has 0 spiro atoms. The van der Waals surface area contributed by atoms with Crippen LogP contribution < -0.4 is 18.9 Å². The van der Waals surface area contributed by atoms with Crippen LogP contribution in [0.2, 0.25) is 0 Å². The van der Waals surface area contributed by atoms with Gasteiger partial charge in [-0.05, 0) is 67.6 Å². The van der Waals surface area contributed by atoms with Gasteiger partial charge in [-0.3, -0.25) is 0 Å². The number of hydrogen-bond acceptors (Lipinski definition) is 4. The van der Waals surface area contributed by atoms with Crippen molar-refractivity contribution < 1.29 is 18.9 Å². The summed E-state index contributed by atoms with van der Waals surface area (Å²) < 4.78 is 21.7. The van der Waals surface area contributed by atoms with Crippen LogP contribution in [0.3, 0.4) is 0 Å². The van der Waals surface area contributed by atoms with Crippen LogP contribution in [0.1, 0.15) is 23.6 Å². The van der Waals surface area contributed by atoms with Crippen LogP contribution in [0.5, 0.6) is 23.0 Å². The van der Waals surface area contributed by atoms with Crippen molar-refractivity contribution in [2.45, 2.75) is 26.7 Å². The Bertz CT molecular complexity index is 680. The second-order valence-corrected chi connectivity index (χ2v) is 5.55. The van der Waals surface area contributed by atoms with E-state index in [9.17, 15) is 0 Å². The Morgan fingerprint density at radius 2 is 1.42 bits per heavy atom. The van der Waals surface area contributed by atoms with E-state index in [0.717, 1.165) is 35.8 Å². The van der Waals surface area contributed by atoms with Crippen molar-refractivity contribution in [3.05, 3.63) is 47.0 Å². The summed E-state index contributed by atoms with van der Waals surface area (Å²) in [6.07, 6.45) is 1.84. The normalized spacial score (nSPS) is 10.4. The lowest BCUT2D eigenvalue weighted by atomic mass is 9.99. The van der Waals surface area contributed by atoms with Crippen molar-refractivity contribution in [3.63, 3.8) is 0 Å². The topological polar surface area (TPSA) is 36.9 Å². The van der Waals surface area contributed by atoms with Crippen LogP contribution >= 0.6 is 0 Å². The molecule has 0 aromatic heterocycles. The van der Waals surface area contributed by atoms with Crippen molar-refractivity contribution in [3.8, 4) is 23.0 Å². The van der Waals surface area contributed by atoms with E-state index in [2.05, 4.69) is 19.1 Å². The minimum absolute atomic E-state index is 0.626. The highest BCUT2D eigenvalue weighted by molar-refractivity contribution is 5.48. The summed E-state index contributed by atoms with van der Waals surface area (Å²) in [4.78, 5) is 0. The molecule has 0 N–H and O–H groups in total. The maximum absolute atomic E-state index is 5.63. The van der Waals surface area contributed by atoms with Gasteiger partial charge in [0, 0.05) is 0 Å². The number of ether oxygens (including phenoxy) is 4. The van der Waals surface area contributed by atoms with Gasteiger partial charge < -0.3 is 18.9 Å². The van der Waals surface area contributed by atoms with Gasteiger partial charge in [0.05, 0.1) is 27.9 Å². The standard InChI is InChI=1S/C20H26O4/c1-6-24-20-11-14(2)16(13-19(20)23-5)9-7-15-8-10-17(21-3)18(12-15)22-4/h8,10-13H,6-7,9H2,1-5H3. The average Bonchev–Trinajstić information content (AvgIpc) is 2.61. The van der Waals surface area contributed by atoms with Crippen molar-refractivity contribution in [1.82, 2.24) is 0 Å². The minimum Gasteiger partial charge on any atom is -0.493 e. The molecule has 2 aromatic carbocycles. The molecule has 0 atom stereocenters. The molecule has 0 radical (unpaired) electrons. The molecule has 0 amide bonds. The quantitative estimate of drug-likeness (QED) is 0.727. The predicted octanol–water partition coefficient (Wildman–Crippen LogP) is 4.20. The Morgan fingerprint density at radius 1 is 0.750 bits per heavy atom. The van der Waals surface area contributed by atoms with E-state index in [-0.39, 0.29) is 0 Å². The van der Waals surface area contributed by atoms with Gasteiger partial charge >= 0.3 is 0 Å². The van der Waals surface area contributed by atoms with E-state index < -0.39 is 0 Å². The van der Waals surface area contributed by atoms with Crippen molar-refractivity contribution in [2.75, 3.05) is 27.9 Å². The maximum atomic E-state index is 5.63. The zero-order valence-electron chi connectivity index (χ0n) is 15.1. The highest BCUT2D eigenvalue weighted by Crippen LogP contribution is 2.32. The zero-order valence-corrected chi connectivity index (χ0v) is 15.1. The third-order valence-corrected chi connectivity index (χ3v) is 4.05. The van der Waals surface area contributed by atoms with Gasteiger partial charge in [0.25, 0.3) is 0 Å². The Labute approximate surface area is 144 Å². The Kier molecular flexibility index (Phi) is 6.36.